The first-order valence-electron chi connectivity index (χ1n) is 4.08. The van der Waals surface area contributed by atoms with Gasteiger partial charge >= 0.3 is 0 Å². The van der Waals surface area contributed by atoms with E-state index in [0.29, 0.717) is 0 Å². The van der Waals surface area contributed by atoms with Gasteiger partial charge in [0, 0.05) is 24.7 Å². The molecule has 1 aromatic heterocycles. The van der Waals surface area contributed by atoms with Crippen LogP contribution in [0.5, 0.6) is 0 Å². The van der Waals surface area contributed by atoms with Gasteiger partial charge in [0.15, 0.2) is 0 Å². The molecule has 66 valence electrons. The molecule has 2 rings (SSSR count). The number of hydrogen-bond acceptors (Lipinski definition) is 2. The van der Waals surface area contributed by atoms with Crippen molar-refractivity contribution in [3.63, 3.8) is 0 Å². The molecule has 0 amide bonds. The molecule has 1 aromatic rings. The predicted octanol–water partition coefficient (Wildman–Crippen LogP) is 1.17. The summed E-state index contributed by atoms with van der Waals surface area (Å²) < 4.78 is 2.82. The highest BCUT2D eigenvalue weighted by atomic mass is 79.9. The van der Waals surface area contributed by atoms with E-state index in [2.05, 4.69) is 27.1 Å². The van der Waals surface area contributed by atoms with E-state index in [4.69, 9.17) is 5.73 Å². The summed E-state index contributed by atoms with van der Waals surface area (Å²) in [5.74, 6) is 0. The molecule has 2 N–H and O–H groups in total. The number of aryl methyl sites for hydroxylation is 1. The highest BCUT2D eigenvalue weighted by Crippen LogP contribution is 2.47. The highest BCUT2D eigenvalue weighted by molar-refractivity contribution is 9.10. The summed E-state index contributed by atoms with van der Waals surface area (Å²) in [5.41, 5.74) is 7.23. The summed E-state index contributed by atoms with van der Waals surface area (Å²) in [6, 6.07) is 2.07. The lowest BCUT2D eigenvalue weighted by atomic mass is 10.0. The molecular weight excluding hydrogens is 218 g/mol. The van der Waals surface area contributed by atoms with Gasteiger partial charge in [0.1, 0.15) is 4.60 Å². The van der Waals surface area contributed by atoms with Crippen LogP contribution in [0.25, 0.3) is 0 Å². The molecule has 0 aromatic carbocycles. The molecular formula is C8H12BrN3. The van der Waals surface area contributed by atoms with E-state index in [-0.39, 0.29) is 5.41 Å². The van der Waals surface area contributed by atoms with Crippen molar-refractivity contribution in [2.24, 2.45) is 12.8 Å². The van der Waals surface area contributed by atoms with Crippen molar-refractivity contribution in [2.75, 3.05) is 6.54 Å². The lowest BCUT2D eigenvalue weighted by molar-refractivity contribution is 0.601. The average molecular weight is 230 g/mol. The quantitative estimate of drug-likeness (QED) is 0.828. The lowest BCUT2D eigenvalue weighted by Gasteiger charge is -2.11. The molecule has 3 nitrogen and oxygen atoms in total. The van der Waals surface area contributed by atoms with Crippen molar-refractivity contribution in [1.82, 2.24) is 9.78 Å². The van der Waals surface area contributed by atoms with Gasteiger partial charge in [-0.3, -0.25) is 4.68 Å². The Kier molecular flexibility index (Phi) is 1.77. The van der Waals surface area contributed by atoms with Crippen LogP contribution in [0.2, 0.25) is 0 Å². The van der Waals surface area contributed by atoms with Crippen LogP contribution in [0.4, 0.5) is 0 Å². The molecule has 12 heavy (non-hydrogen) atoms. The zero-order valence-corrected chi connectivity index (χ0v) is 8.63. The van der Waals surface area contributed by atoms with Crippen LogP contribution in [-0.4, -0.2) is 16.3 Å². The van der Waals surface area contributed by atoms with Crippen molar-refractivity contribution >= 4 is 15.9 Å². The Morgan fingerprint density at radius 2 is 2.42 bits per heavy atom. The van der Waals surface area contributed by atoms with Crippen LogP contribution in [0, 0.1) is 0 Å². The van der Waals surface area contributed by atoms with Gasteiger partial charge in [0.05, 0.1) is 0 Å². The first-order valence-corrected chi connectivity index (χ1v) is 4.87. The molecule has 4 heteroatoms. The normalized spacial score (nSPS) is 19.6. The zero-order valence-electron chi connectivity index (χ0n) is 7.05. The fourth-order valence-electron chi connectivity index (χ4n) is 1.64. The number of nitrogens with zero attached hydrogens (tertiary/aromatic N) is 2. The summed E-state index contributed by atoms with van der Waals surface area (Å²) in [6.07, 6.45) is 2.41. The van der Waals surface area contributed by atoms with Crippen molar-refractivity contribution < 1.29 is 0 Å². The van der Waals surface area contributed by atoms with E-state index >= 15 is 0 Å². The molecule has 1 saturated carbocycles. The lowest BCUT2D eigenvalue weighted by Crippen LogP contribution is -2.22. The average Bonchev–Trinajstić information content (AvgIpc) is 2.74. The molecule has 0 atom stereocenters. The topological polar surface area (TPSA) is 43.8 Å². The summed E-state index contributed by atoms with van der Waals surface area (Å²) in [4.78, 5) is 0. The Morgan fingerprint density at radius 1 is 1.75 bits per heavy atom. The first kappa shape index (κ1) is 8.26. The molecule has 0 radical (unpaired) electrons. The van der Waals surface area contributed by atoms with E-state index in [9.17, 15) is 0 Å². The fraction of sp³-hybridized carbons (Fsp3) is 0.625. The van der Waals surface area contributed by atoms with Gasteiger partial charge in [-0.05, 0) is 34.8 Å². The third-order valence-electron chi connectivity index (χ3n) is 2.64. The predicted molar refractivity (Wildman–Crippen MR) is 50.9 cm³/mol. The molecule has 1 aliphatic carbocycles. The largest absolute Gasteiger partial charge is 0.330 e. The van der Waals surface area contributed by atoms with Gasteiger partial charge in [-0.25, -0.2) is 0 Å². The minimum atomic E-state index is 0.244. The molecule has 0 saturated heterocycles. The summed E-state index contributed by atoms with van der Waals surface area (Å²) in [7, 11) is 1.97. The summed E-state index contributed by atoms with van der Waals surface area (Å²) in [5, 5.41) is 4.24. The number of halogens is 1. The van der Waals surface area contributed by atoms with Gasteiger partial charge in [-0.15, -0.1) is 0 Å². The van der Waals surface area contributed by atoms with Gasteiger partial charge < -0.3 is 5.73 Å². The Morgan fingerprint density at radius 3 is 2.75 bits per heavy atom. The second kappa shape index (κ2) is 2.57. The standard InChI is InChI=1S/C8H12BrN3/c1-12-6(4-7(9)11-12)8(5-10)2-3-8/h4H,2-3,5,10H2,1H3. The molecule has 0 unspecified atom stereocenters. The van der Waals surface area contributed by atoms with E-state index in [1.165, 1.54) is 18.5 Å². The van der Waals surface area contributed by atoms with E-state index in [0.717, 1.165) is 11.1 Å². The van der Waals surface area contributed by atoms with E-state index < -0.39 is 0 Å². The van der Waals surface area contributed by atoms with Gasteiger partial charge in [0.2, 0.25) is 0 Å². The van der Waals surface area contributed by atoms with Gasteiger partial charge in [0.25, 0.3) is 0 Å². The minimum Gasteiger partial charge on any atom is -0.330 e. The molecule has 0 spiro atoms. The fourth-order valence-corrected chi connectivity index (χ4v) is 2.10. The van der Waals surface area contributed by atoms with Crippen LogP contribution >= 0.6 is 15.9 Å². The Balaban J connectivity index is 2.39. The Hall–Kier alpha value is -0.350. The Bertz CT molecular complexity index is 301. The first-order chi connectivity index (χ1) is 5.68. The number of nitrogens with two attached hydrogens (primary N) is 1. The van der Waals surface area contributed by atoms with Crippen LogP contribution in [-0.2, 0) is 12.5 Å². The van der Waals surface area contributed by atoms with Crippen molar-refractivity contribution in [3.8, 4) is 0 Å². The molecule has 0 bridgehead atoms. The maximum Gasteiger partial charge on any atom is 0.128 e. The SMILES string of the molecule is Cn1nc(Br)cc1C1(CN)CC1. The smallest absolute Gasteiger partial charge is 0.128 e. The Labute approximate surface area is 80.1 Å². The maximum atomic E-state index is 5.72. The third-order valence-corrected chi connectivity index (χ3v) is 3.03. The van der Waals surface area contributed by atoms with E-state index in [1.54, 1.807) is 0 Å². The number of rotatable bonds is 2. The van der Waals surface area contributed by atoms with E-state index in [1.807, 2.05) is 11.7 Å². The van der Waals surface area contributed by atoms with Crippen molar-refractivity contribution in [1.29, 1.82) is 0 Å². The molecule has 1 fully saturated rings. The molecule has 1 aliphatic rings. The minimum absolute atomic E-state index is 0.244. The number of hydrogen-bond donors (Lipinski definition) is 1. The third kappa shape index (κ3) is 1.10. The van der Waals surface area contributed by atoms with Crippen LogP contribution in [0.3, 0.4) is 0 Å². The maximum absolute atomic E-state index is 5.72. The second-order valence-electron chi connectivity index (χ2n) is 3.46. The second-order valence-corrected chi connectivity index (χ2v) is 4.27. The zero-order chi connectivity index (χ0) is 8.77. The summed E-state index contributed by atoms with van der Waals surface area (Å²) in [6.45, 7) is 0.735. The van der Waals surface area contributed by atoms with Gasteiger partial charge in [-0.2, -0.15) is 5.10 Å². The van der Waals surface area contributed by atoms with Crippen LogP contribution < -0.4 is 5.73 Å². The van der Waals surface area contributed by atoms with Crippen molar-refractivity contribution in [2.45, 2.75) is 18.3 Å². The van der Waals surface area contributed by atoms with Crippen LogP contribution in [0.1, 0.15) is 18.5 Å². The monoisotopic (exact) mass is 229 g/mol. The molecule has 0 aliphatic heterocycles. The van der Waals surface area contributed by atoms with Crippen molar-refractivity contribution in [3.05, 3.63) is 16.4 Å². The summed E-state index contributed by atoms with van der Waals surface area (Å²) >= 11 is 3.36. The van der Waals surface area contributed by atoms with Gasteiger partial charge in [-0.1, -0.05) is 0 Å². The highest BCUT2D eigenvalue weighted by Gasteiger charge is 2.45. The van der Waals surface area contributed by atoms with Crippen LogP contribution in [0.15, 0.2) is 10.7 Å². The number of aromatic nitrogens is 2. The molecule has 1 heterocycles.